The molecule has 148 valence electrons. The molecule has 4 N–H and O–H groups in total. The number of carboxylic acid groups (broad SMARTS) is 1. The topological polar surface area (TPSA) is 140 Å². The second kappa shape index (κ2) is 7.61. The molecule has 3 unspecified atom stereocenters. The third-order valence-electron chi connectivity index (χ3n) is 5.27. The van der Waals surface area contributed by atoms with Gasteiger partial charge in [-0.05, 0) is 13.3 Å². The van der Waals surface area contributed by atoms with Gasteiger partial charge in [0, 0.05) is 34.9 Å². The predicted octanol–water partition coefficient (Wildman–Crippen LogP) is -0.0593. The summed E-state index contributed by atoms with van der Waals surface area (Å²) in [5.41, 5.74) is 0.261. The molecule has 0 aromatic carbocycles. The van der Waals surface area contributed by atoms with E-state index >= 15 is 0 Å². The van der Waals surface area contributed by atoms with Crippen molar-refractivity contribution in [3.63, 3.8) is 0 Å². The van der Waals surface area contributed by atoms with Gasteiger partial charge in [0.2, 0.25) is 5.91 Å². The number of ether oxygens (including phenoxy) is 1. The van der Waals surface area contributed by atoms with Crippen molar-refractivity contribution in [1.82, 2.24) is 10.2 Å². The van der Waals surface area contributed by atoms with E-state index in [1.807, 2.05) is 0 Å². The number of carboxylic acids is 1. The zero-order chi connectivity index (χ0) is 19.9. The molecule has 2 fully saturated rings. The first-order valence-corrected chi connectivity index (χ1v) is 9.64. The van der Waals surface area contributed by atoms with Crippen molar-refractivity contribution in [1.29, 1.82) is 5.41 Å². The summed E-state index contributed by atoms with van der Waals surface area (Å²) in [4.78, 5) is 37.2. The van der Waals surface area contributed by atoms with E-state index in [0.29, 0.717) is 24.3 Å². The van der Waals surface area contributed by atoms with E-state index in [4.69, 9.17) is 5.41 Å². The molecule has 2 saturated heterocycles. The second-order valence-electron chi connectivity index (χ2n) is 7.04. The third kappa shape index (κ3) is 3.61. The number of thioether (sulfide) groups is 1. The molecule has 3 aliphatic heterocycles. The Hall–Kier alpha value is -1.91. The van der Waals surface area contributed by atoms with Gasteiger partial charge in [-0.15, -0.1) is 11.8 Å². The minimum absolute atomic E-state index is 0.0139. The number of nitrogens with zero attached hydrogens (tertiary/aromatic N) is 1. The first-order chi connectivity index (χ1) is 12.7. The number of nitrogens with one attached hydrogen (secondary N) is 2. The van der Waals surface area contributed by atoms with Crippen LogP contribution in [-0.4, -0.2) is 75.8 Å². The minimum Gasteiger partial charge on any atom is -0.477 e. The lowest BCUT2D eigenvalue weighted by molar-refractivity contribution is -0.161. The molecule has 1 amide bonds. The van der Waals surface area contributed by atoms with Crippen molar-refractivity contribution >= 4 is 35.3 Å². The number of aliphatic hydroxyl groups excluding tert-OH is 1. The zero-order valence-electron chi connectivity index (χ0n) is 15.1. The largest absolute Gasteiger partial charge is 0.477 e. The molecule has 3 heterocycles. The molecule has 0 saturated carbocycles. The third-order valence-corrected chi connectivity index (χ3v) is 6.61. The average Bonchev–Trinajstić information content (AvgIpc) is 3.17. The lowest BCUT2D eigenvalue weighted by atomic mass is 9.83. The summed E-state index contributed by atoms with van der Waals surface area (Å²) in [5.74, 6) is -2.50. The van der Waals surface area contributed by atoms with Crippen molar-refractivity contribution in [3.05, 3.63) is 10.6 Å². The van der Waals surface area contributed by atoms with E-state index in [9.17, 15) is 24.6 Å². The number of carbonyl (C=O) groups is 3. The fraction of sp³-hybridized carbons (Fsp3) is 0.647. The number of hydrogen-bond donors (Lipinski definition) is 4. The van der Waals surface area contributed by atoms with Gasteiger partial charge < -0.3 is 30.6 Å². The fourth-order valence-corrected chi connectivity index (χ4v) is 5.38. The van der Waals surface area contributed by atoms with Crippen LogP contribution in [0.5, 0.6) is 0 Å². The van der Waals surface area contributed by atoms with Crippen molar-refractivity contribution < 1.29 is 29.3 Å². The molecule has 0 aromatic heterocycles. The van der Waals surface area contributed by atoms with Gasteiger partial charge in [-0.3, -0.25) is 9.59 Å². The van der Waals surface area contributed by atoms with E-state index in [1.165, 1.54) is 23.8 Å². The Kier molecular flexibility index (Phi) is 5.59. The Bertz CT molecular complexity index is 721. The van der Waals surface area contributed by atoms with Gasteiger partial charge in [-0.2, -0.15) is 0 Å². The Balaban J connectivity index is 1.66. The average molecular weight is 397 g/mol. The van der Waals surface area contributed by atoms with Gasteiger partial charge in [-0.1, -0.05) is 0 Å². The number of fused-ring (bicyclic) bond motifs is 1. The molecule has 3 rings (SSSR count). The normalized spacial score (nSPS) is 30.8. The standard InChI is InChI=1S/C17H23N3O6S/c1-7(21)14-11-5-12(15(17(24)25)20(11)16(14)23)27-8-3-10(19-6-8)9(18)4-13(22)26-2/h7-8,10-11,14,18-19,21H,3-6H2,1-2H3,(H,24,25)/t7?,8?,10?,11-,14-/m1/s1. The van der Waals surface area contributed by atoms with E-state index < -0.39 is 24.0 Å². The lowest BCUT2D eigenvalue weighted by Gasteiger charge is -2.44. The summed E-state index contributed by atoms with van der Waals surface area (Å²) < 4.78 is 4.58. The lowest BCUT2D eigenvalue weighted by Crippen LogP contribution is -2.61. The van der Waals surface area contributed by atoms with Crippen molar-refractivity contribution in [2.45, 2.75) is 49.6 Å². The Morgan fingerprint density at radius 3 is 2.78 bits per heavy atom. The van der Waals surface area contributed by atoms with Gasteiger partial charge in [0.1, 0.15) is 5.70 Å². The Morgan fingerprint density at radius 2 is 2.19 bits per heavy atom. The summed E-state index contributed by atoms with van der Waals surface area (Å²) in [7, 11) is 1.28. The molecule has 27 heavy (non-hydrogen) atoms. The van der Waals surface area contributed by atoms with Crippen LogP contribution in [0.15, 0.2) is 10.6 Å². The highest BCUT2D eigenvalue weighted by Crippen LogP contribution is 2.48. The van der Waals surface area contributed by atoms with Gasteiger partial charge in [-0.25, -0.2) is 4.79 Å². The molecule has 0 spiro atoms. The van der Waals surface area contributed by atoms with E-state index in [0.717, 1.165) is 0 Å². The summed E-state index contributed by atoms with van der Waals surface area (Å²) in [6, 6.07) is -0.547. The number of β-lactam (4-membered cyclic amide) rings is 1. The highest BCUT2D eigenvalue weighted by molar-refractivity contribution is 8.03. The Morgan fingerprint density at radius 1 is 1.48 bits per heavy atom. The molecule has 10 heteroatoms. The predicted molar refractivity (Wildman–Crippen MR) is 97.2 cm³/mol. The van der Waals surface area contributed by atoms with Crippen LogP contribution >= 0.6 is 11.8 Å². The van der Waals surface area contributed by atoms with Crippen molar-refractivity contribution in [2.75, 3.05) is 13.7 Å². The van der Waals surface area contributed by atoms with Crippen molar-refractivity contribution in [2.24, 2.45) is 5.92 Å². The summed E-state index contributed by atoms with van der Waals surface area (Å²) in [6.07, 6.45) is 0.133. The molecule has 5 atom stereocenters. The molecule has 0 aliphatic carbocycles. The first-order valence-electron chi connectivity index (χ1n) is 8.76. The molecule has 0 aromatic rings. The number of esters is 1. The van der Waals surface area contributed by atoms with Gasteiger partial charge in [0.05, 0.1) is 31.6 Å². The molecular weight excluding hydrogens is 374 g/mol. The number of rotatable bonds is 7. The highest BCUT2D eigenvalue weighted by Gasteiger charge is 2.57. The van der Waals surface area contributed by atoms with Gasteiger partial charge in [0.25, 0.3) is 0 Å². The monoisotopic (exact) mass is 397 g/mol. The van der Waals surface area contributed by atoms with Crippen LogP contribution in [0.3, 0.4) is 0 Å². The Labute approximate surface area is 160 Å². The van der Waals surface area contributed by atoms with Crippen LogP contribution in [0.25, 0.3) is 0 Å². The minimum atomic E-state index is -1.14. The SMILES string of the molecule is COC(=O)CC(=N)C1CC(SC2=C(C(=O)O)N3C(=O)[C@H](C(C)O)[C@H]3C2)CN1. The van der Waals surface area contributed by atoms with Gasteiger partial charge in [0.15, 0.2) is 0 Å². The maximum Gasteiger partial charge on any atom is 0.353 e. The van der Waals surface area contributed by atoms with E-state index in [1.54, 1.807) is 6.92 Å². The molecular formula is C17H23N3O6S. The smallest absolute Gasteiger partial charge is 0.353 e. The molecule has 9 nitrogen and oxygen atoms in total. The van der Waals surface area contributed by atoms with E-state index in [-0.39, 0.29) is 41.1 Å². The molecule has 0 bridgehead atoms. The first kappa shape index (κ1) is 19.8. The number of amides is 1. The summed E-state index contributed by atoms with van der Waals surface area (Å²) in [6.45, 7) is 2.12. The number of hydrogen-bond acceptors (Lipinski definition) is 8. The number of aliphatic hydroxyl groups is 1. The summed E-state index contributed by atoms with van der Waals surface area (Å²) in [5, 5.41) is 30.6. The van der Waals surface area contributed by atoms with Crippen LogP contribution in [0.1, 0.15) is 26.2 Å². The molecule has 0 radical (unpaired) electrons. The summed E-state index contributed by atoms with van der Waals surface area (Å²) >= 11 is 1.41. The van der Waals surface area contributed by atoms with Crippen LogP contribution in [-0.2, 0) is 19.1 Å². The van der Waals surface area contributed by atoms with Crippen LogP contribution in [0.4, 0.5) is 0 Å². The highest BCUT2D eigenvalue weighted by atomic mass is 32.2. The van der Waals surface area contributed by atoms with E-state index in [2.05, 4.69) is 10.1 Å². The van der Waals surface area contributed by atoms with Crippen molar-refractivity contribution in [3.8, 4) is 0 Å². The zero-order valence-corrected chi connectivity index (χ0v) is 15.9. The van der Waals surface area contributed by atoms with Crippen LogP contribution < -0.4 is 5.32 Å². The number of carbonyl (C=O) groups excluding carboxylic acids is 2. The number of aliphatic carboxylic acids is 1. The maximum absolute atomic E-state index is 12.2. The quantitative estimate of drug-likeness (QED) is 0.266. The van der Waals surface area contributed by atoms with Crippen LogP contribution in [0.2, 0.25) is 0 Å². The number of methoxy groups -OCH3 is 1. The fourth-order valence-electron chi connectivity index (χ4n) is 3.95. The van der Waals surface area contributed by atoms with Crippen LogP contribution in [0, 0.1) is 11.3 Å². The second-order valence-corrected chi connectivity index (χ2v) is 8.43. The molecule has 3 aliphatic rings. The van der Waals surface area contributed by atoms with Gasteiger partial charge >= 0.3 is 11.9 Å². The maximum atomic E-state index is 12.2.